The van der Waals surface area contributed by atoms with Crippen molar-refractivity contribution in [1.29, 1.82) is 0 Å². The van der Waals surface area contributed by atoms with Crippen molar-refractivity contribution in [3.63, 3.8) is 0 Å². The number of benzene rings is 1. The second-order valence-corrected chi connectivity index (χ2v) is 4.75. The number of rotatable bonds is 5. The third-order valence-electron chi connectivity index (χ3n) is 3.06. The molecular weight excluding hydrogens is 280 g/mol. The van der Waals surface area contributed by atoms with Crippen molar-refractivity contribution < 1.29 is 4.92 Å². The predicted molar refractivity (Wildman–Crippen MR) is 76.7 cm³/mol. The lowest BCUT2D eigenvalue weighted by Gasteiger charge is -2.09. The summed E-state index contributed by atoms with van der Waals surface area (Å²) in [5.41, 5.74) is 1.71. The second-order valence-electron chi connectivity index (χ2n) is 4.48. The third kappa shape index (κ3) is 2.65. The Morgan fingerprint density at radius 1 is 1.40 bits per heavy atom. The van der Waals surface area contributed by atoms with Crippen LogP contribution in [0.25, 0.3) is 11.4 Å². The highest BCUT2D eigenvalue weighted by Gasteiger charge is 2.16. The second kappa shape index (κ2) is 6.00. The Morgan fingerprint density at radius 2 is 2.15 bits per heavy atom. The monoisotopic (exact) mass is 294 g/mol. The molecule has 0 spiro atoms. The lowest BCUT2D eigenvalue weighted by Crippen LogP contribution is -2.04. The number of aromatic nitrogens is 3. The zero-order valence-electron chi connectivity index (χ0n) is 11.3. The molecule has 0 saturated heterocycles. The van der Waals surface area contributed by atoms with Gasteiger partial charge in [0.05, 0.1) is 10.8 Å². The number of hydrogen-bond donors (Lipinski definition) is 0. The number of alkyl halides is 1. The molecule has 1 aromatic carbocycles. The molecule has 0 saturated carbocycles. The Balaban J connectivity index is 2.51. The number of nitrogens with zero attached hydrogens (tertiary/aromatic N) is 4. The molecule has 0 N–H and O–H groups in total. The van der Waals surface area contributed by atoms with Crippen molar-refractivity contribution in [2.45, 2.75) is 32.7 Å². The van der Waals surface area contributed by atoms with Gasteiger partial charge in [0, 0.05) is 24.2 Å². The maximum atomic E-state index is 10.8. The van der Waals surface area contributed by atoms with Crippen molar-refractivity contribution in [1.82, 2.24) is 14.8 Å². The highest BCUT2D eigenvalue weighted by Crippen LogP contribution is 2.26. The summed E-state index contributed by atoms with van der Waals surface area (Å²) in [6.45, 7) is 4.65. The summed E-state index contributed by atoms with van der Waals surface area (Å²) in [5.74, 6) is 1.70. The van der Waals surface area contributed by atoms with E-state index in [2.05, 4.69) is 17.1 Å². The molecule has 7 heteroatoms. The fourth-order valence-corrected chi connectivity index (χ4v) is 2.30. The van der Waals surface area contributed by atoms with Gasteiger partial charge >= 0.3 is 0 Å². The summed E-state index contributed by atoms with van der Waals surface area (Å²) < 4.78 is 1.96. The summed E-state index contributed by atoms with van der Waals surface area (Å²) in [4.78, 5) is 10.4. The van der Waals surface area contributed by atoms with E-state index in [0.717, 1.165) is 24.1 Å². The average molecular weight is 295 g/mol. The number of aryl methyl sites for hydroxylation is 1. The van der Waals surface area contributed by atoms with E-state index in [1.807, 2.05) is 11.5 Å². The molecule has 0 atom stereocenters. The van der Waals surface area contributed by atoms with E-state index in [4.69, 9.17) is 11.6 Å². The first kappa shape index (κ1) is 14.5. The highest BCUT2D eigenvalue weighted by atomic mass is 35.5. The first-order valence-electron chi connectivity index (χ1n) is 6.32. The lowest BCUT2D eigenvalue weighted by atomic mass is 10.1. The minimum absolute atomic E-state index is 0.0744. The van der Waals surface area contributed by atoms with E-state index in [0.29, 0.717) is 17.5 Å². The Labute approximate surface area is 121 Å². The van der Waals surface area contributed by atoms with Crippen LogP contribution < -0.4 is 0 Å². The van der Waals surface area contributed by atoms with Gasteiger partial charge in [0.15, 0.2) is 5.82 Å². The summed E-state index contributed by atoms with van der Waals surface area (Å²) in [6, 6.07) is 4.73. The van der Waals surface area contributed by atoms with Crippen LogP contribution in [-0.4, -0.2) is 19.7 Å². The van der Waals surface area contributed by atoms with Crippen molar-refractivity contribution in [3.05, 3.63) is 39.7 Å². The van der Waals surface area contributed by atoms with Crippen LogP contribution in [0.2, 0.25) is 0 Å². The summed E-state index contributed by atoms with van der Waals surface area (Å²) in [5, 5.41) is 19.0. The molecular formula is C13H15ClN4O2. The summed E-state index contributed by atoms with van der Waals surface area (Å²) in [6.07, 6.45) is 0.932. The quantitative estimate of drug-likeness (QED) is 0.482. The van der Waals surface area contributed by atoms with Gasteiger partial charge in [0.1, 0.15) is 5.82 Å². The van der Waals surface area contributed by atoms with Crippen LogP contribution in [0.4, 0.5) is 5.69 Å². The van der Waals surface area contributed by atoms with Crippen LogP contribution in [0.3, 0.4) is 0 Å². The topological polar surface area (TPSA) is 73.8 Å². The molecule has 0 fully saturated rings. The van der Waals surface area contributed by atoms with Gasteiger partial charge in [-0.2, -0.15) is 0 Å². The molecule has 0 radical (unpaired) electrons. The van der Waals surface area contributed by atoms with Crippen LogP contribution in [0.5, 0.6) is 0 Å². The fraction of sp³-hybridized carbons (Fsp3) is 0.385. The van der Waals surface area contributed by atoms with Crippen molar-refractivity contribution in [2.75, 3.05) is 0 Å². The maximum absolute atomic E-state index is 10.8. The van der Waals surface area contributed by atoms with E-state index in [1.165, 1.54) is 6.07 Å². The molecule has 1 aromatic heterocycles. The maximum Gasteiger partial charge on any atom is 0.269 e. The first-order chi connectivity index (χ1) is 9.58. The molecule has 0 amide bonds. The van der Waals surface area contributed by atoms with Gasteiger partial charge in [0.2, 0.25) is 0 Å². The van der Waals surface area contributed by atoms with E-state index >= 15 is 0 Å². The van der Waals surface area contributed by atoms with E-state index in [9.17, 15) is 10.1 Å². The Kier molecular flexibility index (Phi) is 4.34. The molecule has 106 valence electrons. The minimum atomic E-state index is -0.405. The van der Waals surface area contributed by atoms with Gasteiger partial charge in [-0.05, 0) is 25.0 Å². The SMILES string of the molecule is CCCn1c(CCl)nnc1-c1ccc([N+](=O)[O-])cc1C. The largest absolute Gasteiger partial charge is 0.310 e. The molecule has 0 aliphatic heterocycles. The van der Waals surface area contributed by atoms with Gasteiger partial charge in [-0.15, -0.1) is 21.8 Å². The molecule has 6 nitrogen and oxygen atoms in total. The molecule has 0 bridgehead atoms. The van der Waals surface area contributed by atoms with Gasteiger partial charge in [-0.25, -0.2) is 0 Å². The number of non-ortho nitro benzene ring substituents is 1. The summed E-state index contributed by atoms with van der Waals surface area (Å²) >= 11 is 5.86. The Morgan fingerprint density at radius 3 is 2.70 bits per heavy atom. The highest BCUT2D eigenvalue weighted by molar-refractivity contribution is 6.16. The van der Waals surface area contributed by atoms with Crippen molar-refractivity contribution in [2.24, 2.45) is 0 Å². The predicted octanol–water partition coefficient (Wildman–Crippen LogP) is 3.31. The third-order valence-corrected chi connectivity index (χ3v) is 3.29. The van der Waals surface area contributed by atoms with Crippen molar-refractivity contribution in [3.8, 4) is 11.4 Å². The molecule has 0 unspecified atom stereocenters. The molecule has 0 aliphatic rings. The van der Waals surface area contributed by atoms with Gasteiger partial charge in [-0.1, -0.05) is 6.92 Å². The van der Waals surface area contributed by atoms with Crippen LogP contribution in [0.1, 0.15) is 24.7 Å². The fourth-order valence-electron chi connectivity index (χ4n) is 2.10. The molecule has 2 aromatic rings. The van der Waals surface area contributed by atoms with E-state index in [1.54, 1.807) is 12.1 Å². The first-order valence-corrected chi connectivity index (χ1v) is 6.85. The van der Waals surface area contributed by atoms with Crippen LogP contribution in [-0.2, 0) is 12.4 Å². The zero-order valence-corrected chi connectivity index (χ0v) is 12.1. The normalized spacial score (nSPS) is 10.8. The number of nitro groups is 1. The van der Waals surface area contributed by atoms with Gasteiger partial charge in [-0.3, -0.25) is 10.1 Å². The Bertz CT molecular complexity index is 639. The summed E-state index contributed by atoms with van der Waals surface area (Å²) in [7, 11) is 0. The van der Waals surface area contributed by atoms with E-state index < -0.39 is 4.92 Å². The number of halogens is 1. The standard InChI is InChI=1S/C13H15ClN4O2/c1-3-6-17-12(8-14)15-16-13(17)11-5-4-10(18(19)20)7-9(11)2/h4-5,7H,3,6,8H2,1-2H3. The van der Waals surface area contributed by atoms with Gasteiger partial charge < -0.3 is 4.57 Å². The van der Waals surface area contributed by atoms with Crippen LogP contribution >= 0.6 is 11.6 Å². The molecule has 0 aliphatic carbocycles. The number of hydrogen-bond acceptors (Lipinski definition) is 4. The number of nitro benzene ring substituents is 1. The average Bonchev–Trinajstić information content (AvgIpc) is 2.82. The van der Waals surface area contributed by atoms with Crippen molar-refractivity contribution >= 4 is 17.3 Å². The molecule has 2 rings (SSSR count). The smallest absolute Gasteiger partial charge is 0.269 e. The van der Waals surface area contributed by atoms with Crippen LogP contribution in [0.15, 0.2) is 18.2 Å². The minimum Gasteiger partial charge on any atom is -0.310 e. The molecule has 20 heavy (non-hydrogen) atoms. The lowest BCUT2D eigenvalue weighted by molar-refractivity contribution is -0.384. The van der Waals surface area contributed by atoms with Crippen LogP contribution in [0, 0.1) is 17.0 Å². The Hall–Kier alpha value is -1.95. The zero-order chi connectivity index (χ0) is 14.7. The van der Waals surface area contributed by atoms with E-state index in [-0.39, 0.29) is 5.69 Å². The molecule has 1 heterocycles. The van der Waals surface area contributed by atoms with Gasteiger partial charge in [0.25, 0.3) is 5.69 Å².